The van der Waals surface area contributed by atoms with Crippen LogP contribution in [0.4, 0.5) is 0 Å². The summed E-state index contributed by atoms with van der Waals surface area (Å²) in [4.78, 5) is 6.59. The van der Waals surface area contributed by atoms with E-state index < -0.39 is 0 Å². The summed E-state index contributed by atoms with van der Waals surface area (Å²) < 4.78 is 2.49. The van der Waals surface area contributed by atoms with Gasteiger partial charge in [0.15, 0.2) is 0 Å². The lowest BCUT2D eigenvalue weighted by Crippen LogP contribution is -1.77. The number of fused-ring (bicyclic) bond motifs is 3. The third kappa shape index (κ3) is 4.25. The molecule has 0 saturated heterocycles. The number of thiophene rings is 4. The van der Waals surface area contributed by atoms with Crippen LogP contribution in [0, 0.1) is 73.0 Å². The van der Waals surface area contributed by atoms with E-state index in [0.717, 1.165) is 20.9 Å². The zero-order valence-corrected chi connectivity index (χ0v) is 24.2. The highest BCUT2D eigenvalue weighted by atomic mass is 32.1. The molecule has 0 aliphatic rings. The molecule has 1 aromatic carbocycles. The second kappa shape index (κ2) is 10.0. The molecular weight excluding hydrogens is 545 g/mol. The molecule has 0 bridgehead atoms. The molecule has 38 heavy (non-hydrogen) atoms. The van der Waals surface area contributed by atoms with Crippen molar-refractivity contribution >= 4 is 77.7 Å². The van der Waals surface area contributed by atoms with Gasteiger partial charge in [-0.3, -0.25) is 0 Å². The number of nitrogens with zero attached hydrogens (tertiary/aromatic N) is 4. The van der Waals surface area contributed by atoms with Gasteiger partial charge in [-0.1, -0.05) is 12.1 Å². The number of hydrogen-bond acceptors (Lipinski definition) is 8. The van der Waals surface area contributed by atoms with Gasteiger partial charge in [0.2, 0.25) is 0 Å². The predicted molar refractivity (Wildman–Crippen MR) is 161 cm³/mol. The van der Waals surface area contributed by atoms with Crippen LogP contribution in [0.15, 0.2) is 35.4 Å². The first-order chi connectivity index (χ1) is 18.3. The van der Waals surface area contributed by atoms with Crippen molar-refractivity contribution in [3.63, 3.8) is 0 Å². The minimum atomic E-state index is 0.110. The zero-order valence-electron chi connectivity index (χ0n) is 20.9. The van der Waals surface area contributed by atoms with Crippen molar-refractivity contribution in [2.45, 2.75) is 27.7 Å². The van der Waals surface area contributed by atoms with E-state index in [2.05, 4.69) is 38.1 Å². The smallest absolute Gasteiger partial charge is 0.131 e. The van der Waals surface area contributed by atoms with E-state index in [9.17, 15) is 21.0 Å². The van der Waals surface area contributed by atoms with Gasteiger partial charge in [0, 0.05) is 29.3 Å². The van der Waals surface area contributed by atoms with E-state index in [0.29, 0.717) is 0 Å². The summed E-state index contributed by atoms with van der Waals surface area (Å²) in [5.74, 6) is 0. The topological polar surface area (TPSA) is 95.2 Å². The van der Waals surface area contributed by atoms with Crippen molar-refractivity contribution in [1.82, 2.24) is 0 Å². The van der Waals surface area contributed by atoms with E-state index in [1.807, 2.05) is 38.1 Å². The van der Waals surface area contributed by atoms with E-state index in [1.54, 1.807) is 57.5 Å². The van der Waals surface area contributed by atoms with E-state index in [4.69, 9.17) is 0 Å². The summed E-state index contributed by atoms with van der Waals surface area (Å²) in [6, 6.07) is 16.6. The Bertz CT molecular complexity index is 1830. The lowest BCUT2D eigenvalue weighted by atomic mass is 10.1. The minimum Gasteiger partial charge on any atom is -0.192 e. The highest BCUT2D eigenvalue weighted by Gasteiger charge is 2.19. The molecule has 0 radical (unpaired) electrons. The maximum absolute atomic E-state index is 9.19. The maximum atomic E-state index is 9.19. The SMILES string of the molecule is Cc1c(C=C(C#N)C#N)sc(-c2cc3ccc4cc(-c5sc(C=C(C#N)C#N)c(C)c5C)sc4c3s2)c1C. The normalized spacial score (nSPS) is 10.5. The molecule has 5 rings (SSSR count). The van der Waals surface area contributed by atoms with Crippen molar-refractivity contribution in [3.05, 3.63) is 67.4 Å². The molecule has 0 fully saturated rings. The van der Waals surface area contributed by atoms with E-state index >= 15 is 0 Å². The molecule has 0 aliphatic heterocycles. The molecule has 0 saturated carbocycles. The highest BCUT2D eigenvalue weighted by Crippen LogP contribution is 2.48. The first-order valence-electron chi connectivity index (χ1n) is 11.5. The first-order valence-corrected chi connectivity index (χ1v) is 14.8. The summed E-state index contributed by atoms with van der Waals surface area (Å²) >= 11 is 6.79. The van der Waals surface area contributed by atoms with Crippen LogP contribution in [0.2, 0.25) is 0 Å². The highest BCUT2D eigenvalue weighted by molar-refractivity contribution is 7.32. The van der Waals surface area contributed by atoms with Gasteiger partial charge in [-0.25, -0.2) is 0 Å². The van der Waals surface area contributed by atoms with Gasteiger partial charge in [0.05, 0.1) is 9.40 Å². The Morgan fingerprint density at radius 2 is 0.947 bits per heavy atom. The van der Waals surface area contributed by atoms with Crippen molar-refractivity contribution in [1.29, 1.82) is 21.0 Å². The Morgan fingerprint density at radius 1 is 0.579 bits per heavy atom. The van der Waals surface area contributed by atoms with Gasteiger partial charge in [-0.15, -0.1) is 45.3 Å². The number of hydrogen-bond donors (Lipinski definition) is 0. The van der Waals surface area contributed by atoms with Gasteiger partial charge in [-0.05, 0) is 85.0 Å². The van der Waals surface area contributed by atoms with Crippen LogP contribution in [-0.4, -0.2) is 0 Å². The van der Waals surface area contributed by atoms with Crippen molar-refractivity contribution in [3.8, 4) is 43.8 Å². The van der Waals surface area contributed by atoms with Gasteiger partial charge in [0.1, 0.15) is 35.4 Å². The van der Waals surface area contributed by atoms with E-state index in [-0.39, 0.29) is 11.1 Å². The number of benzene rings is 1. The third-order valence-electron chi connectivity index (χ3n) is 6.62. The Morgan fingerprint density at radius 3 is 1.29 bits per heavy atom. The van der Waals surface area contributed by atoms with Crippen LogP contribution in [0.3, 0.4) is 0 Å². The predicted octanol–water partition coefficient (Wildman–Crippen LogP) is 9.67. The fourth-order valence-corrected chi connectivity index (χ4v) is 9.54. The maximum Gasteiger partial charge on any atom is 0.131 e. The molecule has 0 unspecified atom stereocenters. The monoisotopic (exact) mass is 562 g/mol. The van der Waals surface area contributed by atoms with Crippen LogP contribution in [-0.2, 0) is 0 Å². The van der Waals surface area contributed by atoms with Crippen LogP contribution < -0.4 is 0 Å². The van der Waals surface area contributed by atoms with Gasteiger partial charge in [0.25, 0.3) is 0 Å². The van der Waals surface area contributed by atoms with Crippen LogP contribution in [0.5, 0.6) is 0 Å². The van der Waals surface area contributed by atoms with Gasteiger partial charge >= 0.3 is 0 Å². The van der Waals surface area contributed by atoms with Crippen molar-refractivity contribution in [2.75, 3.05) is 0 Å². The second-order valence-electron chi connectivity index (χ2n) is 8.78. The lowest BCUT2D eigenvalue weighted by molar-refractivity contribution is 1.39. The van der Waals surface area contributed by atoms with E-state index in [1.165, 1.54) is 50.8 Å². The number of rotatable bonds is 4. The van der Waals surface area contributed by atoms with Crippen LogP contribution in [0.1, 0.15) is 32.0 Å². The van der Waals surface area contributed by atoms with Crippen molar-refractivity contribution < 1.29 is 0 Å². The molecule has 4 heterocycles. The molecule has 0 amide bonds. The van der Waals surface area contributed by atoms with Crippen LogP contribution >= 0.6 is 45.3 Å². The van der Waals surface area contributed by atoms with Crippen LogP contribution in [0.25, 0.3) is 51.8 Å². The fraction of sp³-hybridized carbons (Fsp3) is 0.133. The Balaban J connectivity index is 1.62. The Kier molecular flexibility index (Phi) is 6.77. The minimum absolute atomic E-state index is 0.110. The molecule has 4 nitrogen and oxygen atoms in total. The molecule has 182 valence electrons. The molecule has 8 heteroatoms. The van der Waals surface area contributed by atoms with Crippen molar-refractivity contribution in [2.24, 2.45) is 0 Å². The summed E-state index contributed by atoms with van der Waals surface area (Å²) in [7, 11) is 0. The molecular formula is C30H18N4S4. The fourth-order valence-electron chi connectivity index (χ4n) is 4.24. The molecule has 0 aliphatic carbocycles. The summed E-state index contributed by atoms with van der Waals surface area (Å²) in [5, 5.41) is 39.1. The molecule has 0 spiro atoms. The zero-order chi connectivity index (χ0) is 27.1. The molecule has 0 N–H and O–H groups in total. The molecule has 4 aromatic heterocycles. The molecule has 5 aromatic rings. The third-order valence-corrected chi connectivity index (χ3v) is 12.1. The standard InChI is InChI=1S/C30H18N4S4/c1-15-17(3)27(35-23(15)7-19(11-31)12-32)25-9-21-5-6-22-10-26(38-30(22)29(21)37-25)28-18(4)16(2)24(36-28)8-20(13-33)14-34/h5-10H,1-4H3. The Hall–Kier alpha value is -4.02. The average Bonchev–Trinajstić information content (AvgIpc) is 3.67. The lowest BCUT2D eigenvalue weighted by Gasteiger charge is -1.95. The number of allylic oxidation sites excluding steroid dienone is 2. The summed E-state index contributed by atoms with van der Waals surface area (Å²) in [6.07, 6.45) is 3.36. The quantitative estimate of drug-likeness (QED) is 0.204. The van der Waals surface area contributed by atoms with Gasteiger partial charge in [-0.2, -0.15) is 21.0 Å². The first kappa shape index (κ1) is 25.6. The Labute approximate surface area is 236 Å². The number of nitriles is 4. The van der Waals surface area contributed by atoms with Gasteiger partial charge < -0.3 is 0 Å². The largest absolute Gasteiger partial charge is 0.192 e. The summed E-state index contributed by atoms with van der Waals surface area (Å²) in [5.41, 5.74) is 4.76. The summed E-state index contributed by atoms with van der Waals surface area (Å²) in [6.45, 7) is 8.27. The molecule has 0 atom stereocenters. The average molecular weight is 563 g/mol. The second-order valence-corrected chi connectivity index (χ2v) is 13.0.